The monoisotopic (exact) mass is 311 g/mol. The maximum absolute atomic E-state index is 12.5. The Hall–Kier alpha value is -1.74. The maximum atomic E-state index is 12.5. The molecule has 0 aliphatic heterocycles. The van der Waals surface area contributed by atoms with Gasteiger partial charge in [0.25, 0.3) is 5.91 Å². The molecule has 0 atom stereocenters. The molecule has 0 unspecified atom stereocenters. The minimum atomic E-state index is -0.0162. The highest BCUT2D eigenvalue weighted by Gasteiger charge is 2.14. The molecule has 0 saturated carbocycles. The van der Waals surface area contributed by atoms with Gasteiger partial charge in [0.2, 0.25) is 0 Å². The van der Waals surface area contributed by atoms with Gasteiger partial charge in [-0.25, -0.2) is 0 Å². The van der Waals surface area contributed by atoms with Crippen LogP contribution in [0.2, 0.25) is 0 Å². The number of hydrogen-bond donors (Lipinski definition) is 1. The number of anilines is 1. The van der Waals surface area contributed by atoms with Crippen LogP contribution < -0.4 is 5.32 Å². The molecule has 0 aromatic heterocycles. The number of thioether (sulfide) groups is 1. The summed E-state index contributed by atoms with van der Waals surface area (Å²) in [4.78, 5) is 13.7. The van der Waals surface area contributed by atoms with Gasteiger partial charge in [0.15, 0.2) is 0 Å². The largest absolute Gasteiger partial charge is 0.321 e. The van der Waals surface area contributed by atoms with Crippen molar-refractivity contribution in [3.63, 3.8) is 0 Å². The van der Waals surface area contributed by atoms with Crippen LogP contribution in [0.4, 0.5) is 5.69 Å². The number of para-hydroxylation sites is 1. The van der Waals surface area contributed by atoms with Crippen molar-refractivity contribution in [1.82, 2.24) is 0 Å². The summed E-state index contributed by atoms with van der Waals surface area (Å²) in [6.45, 7) is 2.12. The van der Waals surface area contributed by atoms with Crippen molar-refractivity contribution >= 4 is 23.4 Å². The normalized spacial score (nSPS) is 13.5. The Morgan fingerprint density at radius 2 is 1.86 bits per heavy atom. The van der Waals surface area contributed by atoms with E-state index in [1.165, 1.54) is 24.0 Å². The van der Waals surface area contributed by atoms with E-state index in [0.29, 0.717) is 0 Å². The van der Waals surface area contributed by atoms with Crippen LogP contribution in [0.15, 0.2) is 47.4 Å². The number of rotatable bonds is 4. The zero-order chi connectivity index (χ0) is 15.4. The first-order valence-corrected chi connectivity index (χ1v) is 8.91. The predicted molar refractivity (Wildman–Crippen MR) is 93.9 cm³/mol. The second kappa shape index (κ2) is 7.01. The van der Waals surface area contributed by atoms with Crippen LogP contribution in [-0.2, 0) is 12.8 Å². The molecular formula is C19H21NOS. The van der Waals surface area contributed by atoms with Gasteiger partial charge in [-0.05, 0) is 66.8 Å². The van der Waals surface area contributed by atoms with Crippen molar-refractivity contribution in [3.05, 3.63) is 59.2 Å². The highest BCUT2D eigenvalue weighted by atomic mass is 32.2. The molecule has 0 bridgehead atoms. The minimum Gasteiger partial charge on any atom is -0.321 e. The van der Waals surface area contributed by atoms with Gasteiger partial charge in [-0.15, -0.1) is 11.8 Å². The van der Waals surface area contributed by atoms with E-state index in [0.717, 1.165) is 34.7 Å². The molecule has 3 rings (SSSR count). The quantitative estimate of drug-likeness (QED) is 0.811. The molecule has 1 amide bonds. The molecule has 3 heteroatoms. The molecule has 22 heavy (non-hydrogen) atoms. The van der Waals surface area contributed by atoms with Crippen LogP contribution in [0, 0.1) is 0 Å². The van der Waals surface area contributed by atoms with Crippen LogP contribution in [0.1, 0.15) is 41.3 Å². The van der Waals surface area contributed by atoms with E-state index in [9.17, 15) is 4.79 Å². The molecule has 2 aromatic rings. The average molecular weight is 311 g/mol. The van der Waals surface area contributed by atoms with Crippen molar-refractivity contribution in [1.29, 1.82) is 0 Å². The lowest BCUT2D eigenvalue weighted by molar-refractivity contribution is 0.102. The Labute approximate surface area is 136 Å². The van der Waals surface area contributed by atoms with Crippen molar-refractivity contribution < 1.29 is 4.79 Å². The number of fused-ring (bicyclic) bond motifs is 1. The van der Waals surface area contributed by atoms with Crippen LogP contribution in [0.3, 0.4) is 0 Å². The predicted octanol–water partition coefficient (Wildman–Crippen LogP) is 4.93. The molecular weight excluding hydrogens is 290 g/mol. The zero-order valence-corrected chi connectivity index (χ0v) is 13.7. The standard InChI is InChI=1S/C19H21NOS/c1-2-22-18-10-6-5-9-17(18)20-19(21)16-12-11-14-7-3-4-8-15(14)13-16/h5-6,9-13H,2-4,7-8H2,1H3,(H,20,21). The van der Waals surface area contributed by atoms with Gasteiger partial charge in [-0.2, -0.15) is 0 Å². The zero-order valence-electron chi connectivity index (χ0n) is 12.9. The molecule has 1 aliphatic rings. The molecule has 1 N–H and O–H groups in total. The molecule has 0 fully saturated rings. The van der Waals surface area contributed by atoms with E-state index in [1.807, 2.05) is 24.3 Å². The lowest BCUT2D eigenvalue weighted by Gasteiger charge is -2.16. The van der Waals surface area contributed by atoms with E-state index in [-0.39, 0.29) is 5.91 Å². The molecule has 2 aromatic carbocycles. The maximum Gasteiger partial charge on any atom is 0.255 e. The third-order valence-electron chi connectivity index (χ3n) is 4.05. The van der Waals surface area contributed by atoms with E-state index < -0.39 is 0 Å². The second-order valence-corrected chi connectivity index (χ2v) is 6.88. The Morgan fingerprint density at radius 3 is 2.68 bits per heavy atom. The van der Waals surface area contributed by atoms with Crippen LogP contribution in [-0.4, -0.2) is 11.7 Å². The first-order valence-electron chi connectivity index (χ1n) is 7.93. The summed E-state index contributed by atoms with van der Waals surface area (Å²) < 4.78 is 0. The van der Waals surface area contributed by atoms with Crippen LogP contribution >= 0.6 is 11.8 Å². The lowest BCUT2D eigenvalue weighted by Crippen LogP contribution is -2.14. The average Bonchev–Trinajstić information content (AvgIpc) is 2.56. The summed E-state index contributed by atoms with van der Waals surface area (Å²) in [5, 5.41) is 3.06. The molecule has 0 heterocycles. The van der Waals surface area contributed by atoms with Crippen molar-refractivity contribution in [2.45, 2.75) is 37.5 Å². The Bertz CT molecular complexity index is 681. The Morgan fingerprint density at radius 1 is 1.09 bits per heavy atom. The third-order valence-corrected chi connectivity index (χ3v) is 5.00. The molecule has 2 nitrogen and oxygen atoms in total. The molecule has 0 spiro atoms. The fourth-order valence-electron chi connectivity index (χ4n) is 2.92. The van der Waals surface area contributed by atoms with Crippen molar-refractivity contribution in [2.24, 2.45) is 0 Å². The van der Waals surface area contributed by atoms with Gasteiger partial charge in [0.1, 0.15) is 0 Å². The number of aryl methyl sites for hydroxylation is 2. The molecule has 114 valence electrons. The van der Waals surface area contributed by atoms with Gasteiger partial charge in [0, 0.05) is 10.5 Å². The summed E-state index contributed by atoms with van der Waals surface area (Å²) in [7, 11) is 0. The van der Waals surface area contributed by atoms with Gasteiger partial charge in [-0.3, -0.25) is 4.79 Å². The SMILES string of the molecule is CCSc1ccccc1NC(=O)c1ccc2c(c1)CCCC2. The number of carbonyl (C=O) groups is 1. The summed E-state index contributed by atoms with van der Waals surface area (Å²) in [6, 6.07) is 14.1. The first-order chi connectivity index (χ1) is 10.8. The fourth-order valence-corrected chi connectivity index (χ4v) is 3.68. The number of benzene rings is 2. The number of hydrogen-bond acceptors (Lipinski definition) is 2. The fraction of sp³-hybridized carbons (Fsp3) is 0.316. The van der Waals surface area contributed by atoms with Crippen LogP contribution in [0.25, 0.3) is 0 Å². The van der Waals surface area contributed by atoms with Gasteiger partial charge >= 0.3 is 0 Å². The van der Waals surface area contributed by atoms with E-state index in [1.54, 1.807) is 11.8 Å². The van der Waals surface area contributed by atoms with E-state index in [2.05, 4.69) is 30.4 Å². The highest BCUT2D eigenvalue weighted by molar-refractivity contribution is 7.99. The highest BCUT2D eigenvalue weighted by Crippen LogP contribution is 2.27. The topological polar surface area (TPSA) is 29.1 Å². The Balaban J connectivity index is 1.80. The number of carbonyl (C=O) groups excluding carboxylic acids is 1. The van der Waals surface area contributed by atoms with E-state index >= 15 is 0 Å². The van der Waals surface area contributed by atoms with E-state index in [4.69, 9.17) is 0 Å². The van der Waals surface area contributed by atoms with Gasteiger partial charge < -0.3 is 5.32 Å². The Kier molecular flexibility index (Phi) is 4.84. The minimum absolute atomic E-state index is 0.0162. The second-order valence-electron chi connectivity index (χ2n) is 5.57. The van der Waals surface area contributed by atoms with Gasteiger partial charge in [0.05, 0.1) is 5.69 Å². The van der Waals surface area contributed by atoms with Crippen molar-refractivity contribution in [3.8, 4) is 0 Å². The first kappa shape index (κ1) is 15.2. The lowest BCUT2D eigenvalue weighted by atomic mass is 9.90. The summed E-state index contributed by atoms with van der Waals surface area (Å²) in [6.07, 6.45) is 4.74. The third kappa shape index (κ3) is 3.36. The van der Waals surface area contributed by atoms with Crippen LogP contribution in [0.5, 0.6) is 0 Å². The molecule has 0 radical (unpaired) electrons. The number of nitrogens with one attached hydrogen (secondary N) is 1. The number of amides is 1. The summed E-state index contributed by atoms with van der Waals surface area (Å²) in [5.74, 6) is 0.976. The van der Waals surface area contributed by atoms with Gasteiger partial charge in [-0.1, -0.05) is 25.1 Å². The smallest absolute Gasteiger partial charge is 0.255 e. The summed E-state index contributed by atoms with van der Waals surface area (Å²) in [5.41, 5.74) is 4.41. The molecule has 0 saturated heterocycles. The van der Waals surface area contributed by atoms with Crippen molar-refractivity contribution in [2.75, 3.05) is 11.1 Å². The summed E-state index contributed by atoms with van der Waals surface area (Å²) >= 11 is 1.75. The molecule has 1 aliphatic carbocycles.